The minimum atomic E-state index is 0.396. The van der Waals surface area contributed by atoms with Crippen LogP contribution in [0.25, 0.3) is 0 Å². The van der Waals surface area contributed by atoms with Gasteiger partial charge < -0.3 is 4.74 Å². The summed E-state index contributed by atoms with van der Waals surface area (Å²) in [6, 6.07) is 8.44. The SMILES string of the molecule is CC1(CSc2cccc(Br)c2)COC1. The summed E-state index contributed by atoms with van der Waals surface area (Å²) in [5.74, 6) is 1.14. The van der Waals surface area contributed by atoms with Gasteiger partial charge in [0, 0.05) is 20.5 Å². The Labute approximate surface area is 97.4 Å². The maximum Gasteiger partial charge on any atom is 0.0550 e. The molecule has 0 N–H and O–H groups in total. The van der Waals surface area contributed by atoms with E-state index in [1.54, 1.807) is 0 Å². The summed E-state index contributed by atoms with van der Waals surface area (Å²) in [5, 5.41) is 0. The van der Waals surface area contributed by atoms with Gasteiger partial charge in [-0.25, -0.2) is 0 Å². The molecule has 0 radical (unpaired) electrons. The number of halogens is 1. The summed E-state index contributed by atoms with van der Waals surface area (Å²) >= 11 is 5.38. The quantitative estimate of drug-likeness (QED) is 0.778. The van der Waals surface area contributed by atoms with Crippen molar-refractivity contribution in [3.63, 3.8) is 0 Å². The van der Waals surface area contributed by atoms with Crippen molar-refractivity contribution < 1.29 is 4.74 Å². The maximum atomic E-state index is 5.23. The van der Waals surface area contributed by atoms with Crippen LogP contribution in [0.3, 0.4) is 0 Å². The number of ether oxygens (including phenoxy) is 1. The number of hydrogen-bond acceptors (Lipinski definition) is 2. The molecular weight excluding hydrogens is 260 g/mol. The largest absolute Gasteiger partial charge is 0.380 e. The van der Waals surface area contributed by atoms with E-state index in [1.165, 1.54) is 4.90 Å². The summed E-state index contributed by atoms with van der Waals surface area (Å²) in [6.45, 7) is 4.10. The molecule has 1 aromatic carbocycles. The van der Waals surface area contributed by atoms with Crippen LogP contribution < -0.4 is 0 Å². The Hall–Kier alpha value is 0.01000. The summed E-state index contributed by atoms with van der Waals surface area (Å²) in [5.41, 5.74) is 0.396. The second kappa shape index (κ2) is 4.25. The van der Waals surface area contributed by atoms with Crippen LogP contribution in [0.15, 0.2) is 33.6 Å². The predicted octanol–water partition coefficient (Wildman–Crippen LogP) is 3.58. The molecule has 0 amide bonds. The predicted molar refractivity (Wildman–Crippen MR) is 63.8 cm³/mol. The lowest BCUT2D eigenvalue weighted by molar-refractivity contribution is -0.0861. The van der Waals surface area contributed by atoms with E-state index in [-0.39, 0.29) is 0 Å². The summed E-state index contributed by atoms with van der Waals surface area (Å²) in [4.78, 5) is 1.33. The molecule has 1 aromatic rings. The molecule has 1 heterocycles. The van der Waals surface area contributed by atoms with Gasteiger partial charge in [-0.2, -0.15) is 0 Å². The third kappa shape index (κ3) is 2.53. The highest BCUT2D eigenvalue weighted by molar-refractivity contribution is 9.10. The highest BCUT2D eigenvalue weighted by Crippen LogP contribution is 2.34. The maximum absolute atomic E-state index is 5.23. The first-order valence-electron chi connectivity index (χ1n) is 4.64. The van der Waals surface area contributed by atoms with Gasteiger partial charge in [-0.15, -0.1) is 11.8 Å². The van der Waals surface area contributed by atoms with Gasteiger partial charge in [0.2, 0.25) is 0 Å². The minimum Gasteiger partial charge on any atom is -0.380 e. The average Bonchev–Trinajstić information content (AvgIpc) is 2.12. The van der Waals surface area contributed by atoms with E-state index < -0.39 is 0 Å². The number of hydrogen-bond donors (Lipinski definition) is 0. The van der Waals surface area contributed by atoms with Gasteiger partial charge in [-0.3, -0.25) is 0 Å². The zero-order chi connectivity index (χ0) is 10.0. The van der Waals surface area contributed by atoms with Crippen LogP contribution in [0.4, 0.5) is 0 Å². The van der Waals surface area contributed by atoms with Crippen molar-refractivity contribution in [3.05, 3.63) is 28.7 Å². The van der Waals surface area contributed by atoms with E-state index in [2.05, 4.69) is 47.1 Å². The summed E-state index contributed by atoms with van der Waals surface area (Å²) < 4.78 is 6.38. The molecule has 0 unspecified atom stereocenters. The van der Waals surface area contributed by atoms with E-state index >= 15 is 0 Å². The van der Waals surface area contributed by atoms with Crippen LogP contribution >= 0.6 is 27.7 Å². The Bertz CT molecular complexity index is 323. The molecule has 14 heavy (non-hydrogen) atoms. The zero-order valence-electron chi connectivity index (χ0n) is 8.13. The molecule has 0 bridgehead atoms. The van der Waals surface area contributed by atoms with Crippen molar-refractivity contribution in [1.29, 1.82) is 0 Å². The van der Waals surface area contributed by atoms with Crippen molar-refractivity contribution in [3.8, 4) is 0 Å². The van der Waals surface area contributed by atoms with Crippen LogP contribution in [0.1, 0.15) is 6.92 Å². The smallest absolute Gasteiger partial charge is 0.0550 e. The molecule has 0 saturated carbocycles. The molecular formula is C11H13BrOS. The third-order valence-electron chi connectivity index (χ3n) is 2.28. The molecule has 0 aliphatic carbocycles. The monoisotopic (exact) mass is 272 g/mol. The van der Waals surface area contributed by atoms with Gasteiger partial charge in [-0.1, -0.05) is 28.9 Å². The van der Waals surface area contributed by atoms with E-state index in [9.17, 15) is 0 Å². The third-order valence-corrected chi connectivity index (χ3v) is 4.21. The Morgan fingerprint density at radius 1 is 1.50 bits per heavy atom. The van der Waals surface area contributed by atoms with Gasteiger partial charge in [0.05, 0.1) is 13.2 Å². The first-order valence-corrected chi connectivity index (χ1v) is 6.42. The lowest BCUT2D eigenvalue weighted by Gasteiger charge is -2.37. The van der Waals surface area contributed by atoms with Crippen LogP contribution in [-0.4, -0.2) is 19.0 Å². The zero-order valence-corrected chi connectivity index (χ0v) is 10.5. The molecule has 1 aliphatic heterocycles. The Morgan fingerprint density at radius 2 is 2.29 bits per heavy atom. The first kappa shape index (κ1) is 10.5. The van der Waals surface area contributed by atoms with Crippen molar-refractivity contribution in [2.75, 3.05) is 19.0 Å². The number of rotatable bonds is 3. The van der Waals surface area contributed by atoms with Gasteiger partial charge >= 0.3 is 0 Å². The number of thioether (sulfide) groups is 1. The van der Waals surface area contributed by atoms with Gasteiger partial charge in [0.1, 0.15) is 0 Å². The van der Waals surface area contributed by atoms with Gasteiger partial charge in [0.15, 0.2) is 0 Å². The molecule has 1 fully saturated rings. The average molecular weight is 273 g/mol. The summed E-state index contributed by atoms with van der Waals surface area (Å²) in [7, 11) is 0. The molecule has 1 saturated heterocycles. The molecule has 76 valence electrons. The van der Waals surface area contributed by atoms with E-state index in [0.717, 1.165) is 23.4 Å². The Kier molecular flexibility index (Phi) is 3.20. The molecule has 1 nitrogen and oxygen atoms in total. The minimum absolute atomic E-state index is 0.396. The fourth-order valence-corrected chi connectivity index (χ4v) is 2.97. The molecule has 1 aliphatic rings. The van der Waals surface area contributed by atoms with Gasteiger partial charge in [-0.05, 0) is 18.2 Å². The standard InChI is InChI=1S/C11H13BrOS/c1-11(6-13-7-11)8-14-10-4-2-3-9(12)5-10/h2-5H,6-8H2,1H3. The lowest BCUT2D eigenvalue weighted by atomic mass is 9.92. The highest BCUT2D eigenvalue weighted by Gasteiger charge is 2.33. The van der Waals surface area contributed by atoms with E-state index in [0.29, 0.717) is 5.41 Å². The highest BCUT2D eigenvalue weighted by atomic mass is 79.9. The molecule has 3 heteroatoms. The van der Waals surface area contributed by atoms with Crippen LogP contribution in [0.2, 0.25) is 0 Å². The van der Waals surface area contributed by atoms with Gasteiger partial charge in [0.25, 0.3) is 0 Å². The fourth-order valence-electron chi connectivity index (χ4n) is 1.35. The van der Waals surface area contributed by atoms with Crippen molar-refractivity contribution in [2.45, 2.75) is 11.8 Å². The van der Waals surface area contributed by atoms with Crippen molar-refractivity contribution >= 4 is 27.7 Å². The van der Waals surface area contributed by atoms with E-state index in [1.807, 2.05) is 11.8 Å². The fraction of sp³-hybridized carbons (Fsp3) is 0.455. The Balaban J connectivity index is 1.91. The lowest BCUT2D eigenvalue weighted by Crippen LogP contribution is -2.41. The normalized spacial score (nSPS) is 19.0. The van der Waals surface area contributed by atoms with Crippen molar-refractivity contribution in [2.24, 2.45) is 5.41 Å². The number of benzene rings is 1. The van der Waals surface area contributed by atoms with Crippen LogP contribution in [-0.2, 0) is 4.74 Å². The topological polar surface area (TPSA) is 9.23 Å². The molecule has 2 rings (SSSR count). The Morgan fingerprint density at radius 3 is 2.86 bits per heavy atom. The molecule has 0 spiro atoms. The summed E-state index contributed by atoms with van der Waals surface area (Å²) in [6.07, 6.45) is 0. The second-order valence-electron chi connectivity index (χ2n) is 4.05. The van der Waals surface area contributed by atoms with Crippen LogP contribution in [0.5, 0.6) is 0 Å². The van der Waals surface area contributed by atoms with Crippen molar-refractivity contribution in [1.82, 2.24) is 0 Å². The second-order valence-corrected chi connectivity index (χ2v) is 6.01. The molecule has 0 aromatic heterocycles. The van der Waals surface area contributed by atoms with E-state index in [4.69, 9.17) is 4.74 Å². The molecule has 0 atom stereocenters. The van der Waals surface area contributed by atoms with Crippen LogP contribution in [0, 0.1) is 5.41 Å². The first-order chi connectivity index (χ1) is 6.68.